The van der Waals surface area contributed by atoms with E-state index in [-0.39, 0.29) is 23.9 Å². The molecule has 0 spiro atoms. The zero-order valence-corrected chi connectivity index (χ0v) is 11.2. The fourth-order valence-corrected chi connectivity index (χ4v) is 2.12. The van der Waals surface area contributed by atoms with Crippen molar-refractivity contribution in [1.82, 2.24) is 25.5 Å². The van der Waals surface area contributed by atoms with Crippen LogP contribution >= 0.6 is 0 Å². The maximum Gasteiger partial charge on any atom is 0.288 e. The van der Waals surface area contributed by atoms with Crippen molar-refractivity contribution in [3.8, 4) is 5.88 Å². The van der Waals surface area contributed by atoms with Crippen LogP contribution in [0.4, 0.5) is 0 Å². The van der Waals surface area contributed by atoms with Crippen molar-refractivity contribution < 1.29 is 14.3 Å². The molecule has 1 fully saturated rings. The molecule has 21 heavy (non-hydrogen) atoms. The summed E-state index contributed by atoms with van der Waals surface area (Å²) < 4.78 is 11.2. The van der Waals surface area contributed by atoms with Crippen molar-refractivity contribution in [3.05, 3.63) is 36.5 Å². The van der Waals surface area contributed by atoms with Crippen LogP contribution in [0.5, 0.6) is 5.88 Å². The lowest BCUT2D eigenvalue weighted by Crippen LogP contribution is -2.51. The van der Waals surface area contributed by atoms with Gasteiger partial charge in [0.15, 0.2) is 0 Å². The second kappa shape index (κ2) is 6.31. The molecule has 1 amide bonds. The Kier molecular flexibility index (Phi) is 4.06. The molecule has 2 aromatic rings. The monoisotopic (exact) mass is 289 g/mol. The molecule has 3 rings (SSSR count). The highest BCUT2D eigenvalue weighted by molar-refractivity contribution is 5.90. The third-order valence-corrected chi connectivity index (χ3v) is 3.16. The van der Waals surface area contributed by atoms with Crippen LogP contribution in [0.15, 0.2) is 30.7 Å². The molecule has 0 radical (unpaired) electrons. The molecular formula is C13H15N5O3. The Hall–Kier alpha value is -2.48. The average molecular weight is 289 g/mol. The molecule has 2 aromatic heterocycles. The van der Waals surface area contributed by atoms with Crippen LogP contribution in [-0.2, 0) is 4.74 Å². The molecular weight excluding hydrogens is 274 g/mol. The smallest absolute Gasteiger partial charge is 0.288 e. The number of amides is 1. The first-order chi connectivity index (χ1) is 10.3. The molecule has 1 saturated heterocycles. The summed E-state index contributed by atoms with van der Waals surface area (Å²) in [5.74, 6) is 0.374. The van der Waals surface area contributed by atoms with Gasteiger partial charge in [0.25, 0.3) is 5.91 Å². The minimum absolute atomic E-state index is 0.168. The molecule has 2 N–H and O–H groups in total. The Morgan fingerprint density at radius 3 is 3.14 bits per heavy atom. The number of nitrogens with zero attached hydrogens (tertiary/aromatic N) is 3. The van der Waals surface area contributed by atoms with E-state index in [2.05, 4.69) is 25.5 Å². The fourth-order valence-electron chi connectivity index (χ4n) is 2.12. The van der Waals surface area contributed by atoms with E-state index in [1.165, 1.54) is 6.33 Å². The van der Waals surface area contributed by atoms with E-state index in [1.54, 1.807) is 12.3 Å². The van der Waals surface area contributed by atoms with Gasteiger partial charge in [-0.05, 0) is 12.5 Å². The van der Waals surface area contributed by atoms with Crippen LogP contribution in [-0.4, -0.2) is 51.4 Å². The summed E-state index contributed by atoms with van der Waals surface area (Å²) in [5, 5.41) is 9.08. The number of nitrogens with one attached hydrogen (secondary N) is 2. The van der Waals surface area contributed by atoms with E-state index in [0.717, 1.165) is 0 Å². The van der Waals surface area contributed by atoms with Crippen LogP contribution in [0.25, 0.3) is 0 Å². The minimum Gasteiger partial charge on any atom is -0.470 e. The fraction of sp³-hybridized carbons (Fsp3) is 0.385. The third-order valence-electron chi connectivity index (χ3n) is 3.16. The average Bonchev–Trinajstić information content (AvgIpc) is 3.05. The van der Waals surface area contributed by atoms with E-state index in [4.69, 9.17) is 9.47 Å². The number of hydrogen-bond acceptors (Lipinski definition) is 6. The van der Waals surface area contributed by atoms with Gasteiger partial charge in [-0.1, -0.05) is 6.07 Å². The number of aromatic nitrogens is 4. The van der Waals surface area contributed by atoms with Gasteiger partial charge in [-0.2, -0.15) is 5.10 Å². The summed E-state index contributed by atoms with van der Waals surface area (Å²) in [5.41, 5.74) is 0. The zero-order chi connectivity index (χ0) is 14.5. The minimum atomic E-state index is -0.311. The lowest BCUT2D eigenvalue weighted by molar-refractivity contribution is -0.0153. The number of hydrogen-bond donors (Lipinski definition) is 2. The normalized spacial score (nSPS) is 21.7. The van der Waals surface area contributed by atoms with Gasteiger partial charge in [0.1, 0.15) is 12.4 Å². The van der Waals surface area contributed by atoms with Gasteiger partial charge in [0, 0.05) is 18.9 Å². The van der Waals surface area contributed by atoms with E-state index >= 15 is 0 Å². The van der Waals surface area contributed by atoms with Crippen molar-refractivity contribution in [2.75, 3.05) is 13.2 Å². The van der Waals surface area contributed by atoms with Gasteiger partial charge in [0.05, 0.1) is 12.6 Å². The molecule has 8 nitrogen and oxygen atoms in total. The molecule has 0 bridgehead atoms. The Bertz CT molecular complexity index is 575. The van der Waals surface area contributed by atoms with Crippen molar-refractivity contribution in [2.45, 2.75) is 18.6 Å². The lowest BCUT2D eigenvalue weighted by Gasteiger charge is -2.31. The largest absolute Gasteiger partial charge is 0.470 e. The molecule has 2 atom stereocenters. The van der Waals surface area contributed by atoms with Gasteiger partial charge in [-0.3, -0.25) is 9.89 Å². The summed E-state index contributed by atoms with van der Waals surface area (Å²) in [6, 6.07) is 5.25. The van der Waals surface area contributed by atoms with Crippen LogP contribution < -0.4 is 10.1 Å². The van der Waals surface area contributed by atoms with Crippen molar-refractivity contribution in [3.63, 3.8) is 0 Å². The number of carbonyl (C=O) groups is 1. The van der Waals surface area contributed by atoms with Crippen LogP contribution in [0.3, 0.4) is 0 Å². The summed E-state index contributed by atoms with van der Waals surface area (Å²) >= 11 is 0. The number of aromatic amines is 1. The highest BCUT2D eigenvalue weighted by Crippen LogP contribution is 2.15. The Morgan fingerprint density at radius 1 is 1.43 bits per heavy atom. The number of rotatable bonds is 4. The lowest BCUT2D eigenvalue weighted by atomic mass is 10.1. The summed E-state index contributed by atoms with van der Waals surface area (Å²) in [4.78, 5) is 20.0. The molecule has 0 unspecified atom stereocenters. The second-order valence-electron chi connectivity index (χ2n) is 4.60. The summed E-state index contributed by atoms with van der Waals surface area (Å²) in [7, 11) is 0. The first-order valence-corrected chi connectivity index (χ1v) is 6.64. The summed E-state index contributed by atoms with van der Waals surface area (Å²) in [6.07, 6.45) is 3.32. The highest BCUT2D eigenvalue weighted by Gasteiger charge is 2.30. The molecule has 0 aromatic carbocycles. The molecule has 1 aliphatic rings. The molecule has 8 heteroatoms. The number of carbonyl (C=O) groups excluding carboxylic acids is 1. The van der Waals surface area contributed by atoms with Gasteiger partial charge < -0.3 is 14.8 Å². The van der Waals surface area contributed by atoms with Crippen molar-refractivity contribution >= 4 is 5.91 Å². The molecule has 0 saturated carbocycles. The highest BCUT2D eigenvalue weighted by atomic mass is 16.5. The number of pyridine rings is 1. The SMILES string of the molecule is O=C(N[C@@H]1CCOC[C@H]1Oc1ccccn1)c1ncn[nH]1. The van der Waals surface area contributed by atoms with Crippen molar-refractivity contribution in [1.29, 1.82) is 0 Å². The van der Waals surface area contributed by atoms with Crippen molar-refractivity contribution in [2.24, 2.45) is 0 Å². The first kappa shape index (κ1) is 13.5. The topological polar surface area (TPSA) is 102 Å². The first-order valence-electron chi connectivity index (χ1n) is 6.64. The van der Waals surface area contributed by atoms with Crippen LogP contribution in [0.1, 0.15) is 17.0 Å². The quantitative estimate of drug-likeness (QED) is 0.831. The molecule has 1 aliphatic heterocycles. The maximum absolute atomic E-state index is 12.0. The predicted octanol–water partition coefficient (Wildman–Crippen LogP) is 0.166. The number of ether oxygens (including phenoxy) is 2. The summed E-state index contributed by atoms with van der Waals surface area (Å²) in [6.45, 7) is 0.974. The van der Waals surface area contributed by atoms with Crippen LogP contribution in [0.2, 0.25) is 0 Å². The molecule has 3 heterocycles. The maximum atomic E-state index is 12.0. The standard InChI is InChI=1S/C13H15N5O3/c19-13(12-15-8-16-18-12)17-9-4-6-20-7-10(9)21-11-3-1-2-5-14-11/h1-3,5,8-10H,4,6-7H2,(H,17,19)(H,15,16,18)/t9-,10-/m1/s1. The second-order valence-corrected chi connectivity index (χ2v) is 4.60. The van der Waals surface area contributed by atoms with Gasteiger partial charge in [-0.15, -0.1) is 0 Å². The molecule has 110 valence electrons. The third kappa shape index (κ3) is 3.34. The van der Waals surface area contributed by atoms with E-state index in [0.29, 0.717) is 25.5 Å². The Labute approximate surface area is 120 Å². The predicted molar refractivity (Wildman–Crippen MR) is 71.7 cm³/mol. The van der Waals surface area contributed by atoms with Gasteiger partial charge in [0.2, 0.25) is 11.7 Å². The molecule has 0 aliphatic carbocycles. The Morgan fingerprint density at radius 2 is 2.38 bits per heavy atom. The zero-order valence-electron chi connectivity index (χ0n) is 11.2. The van der Waals surface area contributed by atoms with E-state index in [1.807, 2.05) is 12.1 Å². The Balaban J connectivity index is 1.65. The van der Waals surface area contributed by atoms with Crippen LogP contribution in [0, 0.1) is 0 Å². The van der Waals surface area contributed by atoms with E-state index in [9.17, 15) is 4.79 Å². The van der Waals surface area contributed by atoms with Gasteiger partial charge in [-0.25, -0.2) is 9.97 Å². The van der Waals surface area contributed by atoms with Gasteiger partial charge >= 0.3 is 0 Å². The number of H-pyrrole nitrogens is 1. The van der Waals surface area contributed by atoms with E-state index < -0.39 is 0 Å².